The van der Waals surface area contributed by atoms with Gasteiger partial charge in [0.1, 0.15) is 0 Å². The van der Waals surface area contributed by atoms with Gasteiger partial charge in [0.15, 0.2) is 0 Å². The fourth-order valence-corrected chi connectivity index (χ4v) is 1.28. The molecule has 0 heterocycles. The second-order valence-electron chi connectivity index (χ2n) is 1.44. The number of carbonyl (C=O) groups excluding carboxylic acids is 1. The first kappa shape index (κ1) is 10.2. The Hall–Kier alpha value is 0.227. The van der Waals surface area contributed by atoms with Crippen LogP contribution < -0.4 is 0 Å². The van der Waals surface area contributed by atoms with Crippen LogP contribution in [-0.4, -0.2) is 27.6 Å². The van der Waals surface area contributed by atoms with E-state index in [4.69, 9.17) is 23.2 Å². The number of rotatable bonds is 3. The molecule has 0 aliphatic rings. The van der Waals surface area contributed by atoms with Gasteiger partial charge in [-0.25, -0.2) is 4.79 Å². The van der Waals surface area contributed by atoms with Crippen molar-refractivity contribution in [3.05, 3.63) is 0 Å². The third-order valence-corrected chi connectivity index (χ3v) is 1.65. The molecule has 0 bridgehead atoms. The zero-order chi connectivity index (χ0) is 8.20. The lowest BCUT2D eigenvalue weighted by Crippen LogP contribution is -2.30. The molecule has 0 atom stereocenters. The summed E-state index contributed by atoms with van der Waals surface area (Å²) in [6.45, 7) is 1.95. The number of carbonyl (C=O) groups is 1. The van der Waals surface area contributed by atoms with Gasteiger partial charge in [-0.2, -0.15) is 0 Å². The van der Waals surface area contributed by atoms with Crippen molar-refractivity contribution in [2.45, 2.75) is 11.4 Å². The van der Waals surface area contributed by atoms with E-state index >= 15 is 0 Å². The van der Waals surface area contributed by atoms with Crippen LogP contribution in [-0.2, 0) is 14.0 Å². The molecule has 0 saturated carbocycles. The quantitative estimate of drug-likeness (QED) is 0.477. The molecule has 0 aromatic rings. The smallest absolute Gasteiger partial charge is 0.357 e. The Labute approximate surface area is 72.1 Å². The molecular formula is C4H8Cl2O3Si. The molecule has 0 saturated heterocycles. The maximum atomic E-state index is 10.6. The van der Waals surface area contributed by atoms with Crippen LogP contribution in [0.25, 0.3) is 0 Å². The molecule has 0 amide bonds. The van der Waals surface area contributed by atoms with E-state index in [-0.39, 0.29) is 17.1 Å². The summed E-state index contributed by atoms with van der Waals surface area (Å²) in [4.78, 5) is 10.6. The summed E-state index contributed by atoms with van der Waals surface area (Å²) in [5.74, 6) is -0.746. The number of alkyl halides is 2. The molecule has 0 spiro atoms. The standard InChI is InChI=1S/C4H8Cl2O3Si/c1-2-8-4(5,6)3(7)9-10/h2H2,1,10H3. The van der Waals surface area contributed by atoms with Crippen LogP contribution in [0.4, 0.5) is 0 Å². The lowest BCUT2D eigenvalue weighted by Gasteiger charge is -2.15. The summed E-state index contributed by atoms with van der Waals surface area (Å²) >= 11 is 10.8. The van der Waals surface area contributed by atoms with Crippen molar-refractivity contribution in [1.29, 1.82) is 0 Å². The average Bonchev–Trinajstić information content (AvgIpc) is 1.86. The summed E-state index contributed by atoms with van der Waals surface area (Å²) in [5, 5.41) is 0. The predicted octanol–water partition coefficient (Wildman–Crippen LogP) is -0.0221. The molecule has 0 aromatic heterocycles. The molecule has 6 heteroatoms. The Morgan fingerprint density at radius 1 is 1.70 bits per heavy atom. The largest absolute Gasteiger partial charge is 0.525 e. The number of hydrogen-bond donors (Lipinski definition) is 0. The predicted molar refractivity (Wildman–Crippen MR) is 42.1 cm³/mol. The van der Waals surface area contributed by atoms with Gasteiger partial charge in [-0.15, -0.1) is 0 Å². The minimum absolute atomic E-state index is 0.262. The van der Waals surface area contributed by atoms with Crippen LogP contribution in [0.5, 0.6) is 0 Å². The summed E-state index contributed by atoms with van der Waals surface area (Å²) in [5.41, 5.74) is 0. The molecule has 60 valence electrons. The SMILES string of the molecule is CCOC(Cl)(Cl)C(=O)O[SiH3]. The normalized spacial score (nSPS) is 11.5. The van der Waals surface area contributed by atoms with Crippen LogP contribution in [0.15, 0.2) is 0 Å². The molecular weight excluding hydrogens is 195 g/mol. The van der Waals surface area contributed by atoms with E-state index in [1.54, 1.807) is 6.92 Å². The number of hydrogen-bond acceptors (Lipinski definition) is 3. The van der Waals surface area contributed by atoms with Crippen LogP contribution >= 0.6 is 23.2 Å². The molecule has 0 unspecified atom stereocenters. The third-order valence-electron chi connectivity index (χ3n) is 0.749. The van der Waals surface area contributed by atoms with Gasteiger partial charge in [-0.1, -0.05) is 23.2 Å². The molecule has 0 aliphatic carbocycles. The van der Waals surface area contributed by atoms with Crippen molar-refractivity contribution in [2.75, 3.05) is 6.61 Å². The van der Waals surface area contributed by atoms with Gasteiger partial charge in [-0.3, -0.25) is 0 Å². The first-order valence-electron chi connectivity index (χ1n) is 2.64. The van der Waals surface area contributed by atoms with Crippen molar-refractivity contribution < 1.29 is 14.0 Å². The van der Waals surface area contributed by atoms with E-state index < -0.39 is 10.5 Å². The maximum Gasteiger partial charge on any atom is 0.357 e. The lowest BCUT2D eigenvalue weighted by molar-refractivity contribution is -0.144. The summed E-state index contributed by atoms with van der Waals surface area (Å²) < 4.78 is 7.22. The topological polar surface area (TPSA) is 35.5 Å². The average molecular weight is 203 g/mol. The van der Waals surface area contributed by atoms with Gasteiger partial charge in [0.05, 0.1) is 0 Å². The Bertz CT molecular complexity index is 128. The molecule has 0 aliphatic heterocycles. The number of ether oxygens (including phenoxy) is 1. The van der Waals surface area contributed by atoms with Gasteiger partial charge in [0.2, 0.25) is 10.5 Å². The third kappa shape index (κ3) is 2.87. The highest BCUT2D eigenvalue weighted by Gasteiger charge is 2.35. The van der Waals surface area contributed by atoms with E-state index in [1.807, 2.05) is 0 Å². The van der Waals surface area contributed by atoms with Gasteiger partial charge in [0.25, 0.3) is 0 Å². The van der Waals surface area contributed by atoms with E-state index in [2.05, 4.69) is 9.16 Å². The van der Waals surface area contributed by atoms with Gasteiger partial charge in [-0.05, 0) is 6.92 Å². The maximum absolute atomic E-state index is 10.6. The van der Waals surface area contributed by atoms with Crippen LogP contribution in [0.2, 0.25) is 0 Å². The highest BCUT2D eigenvalue weighted by atomic mass is 35.5. The minimum atomic E-state index is -1.82. The molecule has 0 rings (SSSR count). The summed E-state index contributed by atoms with van der Waals surface area (Å²) in [6.07, 6.45) is 0. The minimum Gasteiger partial charge on any atom is -0.525 e. The van der Waals surface area contributed by atoms with Gasteiger partial charge in [0, 0.05) is 6.61 Å². The highest BCUT2D eigenvalue weighted by Crippen LogP contribution is 2.23. The Balaban J connectivity index is 3.96. The van der Waals surface area contributed by atoms with Gasteiger partial charge < -0.3 is 9.16 Å². The van der Waals surface area contributed by atoms with Crippen LogP contribution in [0.3, 0.4) is 0 Å². The van der Waals surface area contributed by atoms with Crippen molar-refractivity contribution in [3.8, 4) is 0 Å². The summed E-state index contributed by atoms with van der Waals surface area (Å²) in [6, 6.07) is 0. The fourth-order valence-electron chi connectivity index (χ4n) is 0.359. The van der Waals surface area contributed by atoms with Crippen LogP contribution in [0, 0.1) is 0 Å². The number of halogens is 2. The van der Waals surface area contributed by atoms with E-state index in [0.29, 0.717) is 0 Å². The molecule has 0 radical (unpaired) electrons. The fraction of sp³-hybridized carbons (Fsp3) is 0.750. The lowest BCUT2D eigenvalue weighted by atomic mass is 10.7. The first-order chi connectivity index (χ1) is 4.54. The Kier molecular flexibility index (Phi) is 4.27. The molecule has 3 nitrogen and oxygen atoms in total. The van der Waals surface area contributed by atoms with Gasteiger partial charge >= 0.3 is 10.5 Å². The van der Waals surface area contributed by atoms with Crippen molar-refractivity contribution in [1.82, 2.24) is 0 Å². The second kappa shape index (κ2) is 4.18. The molecule has 0 fully saturated rings. The van der Waals surface area contributed by atoms with E-state index in [9.17, 15) is 4.79 Å². The Morgan fingerprint density at radius 3 is 2.50 bits per heavy atom. The van der Waals surface area contributed by atoms with E-state index in [0.717, 1.165) is 0 Å². The zero-order valence-corrected chi connectivity index (χ0v) is 9.20. The monoisotopic (exact) mass is 202 g/mol. The molecule has 10 heavy (non-hydrogen) atoms. The molecule has 0 N–H and O–H groups in total. The van der Waals surface area contributed by atoms with Crippen molar-refractivity contribution in [2.24, 2.45) is 0 Å². The second-order valence-corrected chi connectivity index (χ2v) is 3.11. The van der Waals surface area contributed by atoms with E-state index in [1.165, 1.54) is 0 Å². The van der Waals surface area contributed by atoms with Crippen LogP contribution in [0.1, 0.15) is 6.92 Å². The summed E-state index contributed by atoms with van der Waals surface area (Å²) in [7, 11) is 0.262. The zero-order valence-electron chi connectivity index (χ0n) is 5.69. The van der Waals surface area contributed by atoms with Crippen molar-refractivity contribution >= 4 is 39.7 Å². The Morgan fingerprint density at radius 2 is 2.20 bits per heavy atom. The molecule has 0 aromatic carbocycles. The first-order valence-corrected chi connectivity index (χ1v) is 4.22. The van der Waals surface area contributed by atoms with Crippen molar-refractivity contribution in [3.63, 3.8) is 0 Å². The highest BCUT2D eigenvalue weighted by molar-refractivity contribution is 6.56.